The van der Waals surface area contributed by atoms with E-state index in [4.69, 9.17) is 5.73 Å². The lowest BCUT2D eigenvalue weighted by Crippen LogP contribution is -2.40. The van der Waals surface area contributed by atoms with E-state index in [9.17, 15) is 14.7 Å². The van der Waals surface area contributed by atoms with Crippen molar-refractivity contribution in [2.24, 2.45) is 0 Å². The number of hydrogen-bond acceptors (Lipinski definition) is 4. The molecule has 0 saturated heterocycles. The lowest BCUT2D eigenvalue weighted by atomic mass is 10.1. The number of amides is 2. The summed E-state index contributed by atoms with van der Waals surface area (Å²) in [4.78, 5) is 25.0. The lowest BCUT2D eigenvalue weighted by Gasteiger charge is -2.25. The summed E-state index contributed by atoms with van der Waals surface area (Å²) in [5.74, 6) is -0.287. The summed E-state index contributed by atoms with van der Waals surface area (Å²) in [6.07, 6.45) is -1.25. The van der Waals surface area contributed by atoms with Gasteiger partial charge in [0.25, 0.3) is 5.91 Å². The Kier molecular flexibility index (Phi) is 5.91. The second kappa shape index (κ2) is 8.73. The topological polar surface area (TPSA) is 98.5 Å². The van der Waals surface area contributed by atoms with Crippen molar-refractivity contribution >= 4 is 23.4 Å². The summed E-state index contributed by atoms with van der Waals surface area (Å²) in [7, 11) is 0. The number of nitrogen functional groups attached to an aromatic ring is 1. The molecule has 0 aliphatic carbocycles. The summed E-state index contributed by atoms with van der Waals surface area (Å²) >= 11 is 0. The van der Waals surface area contributed by atoms with Crippen LogP contribution in [0, 0.1) is 0 Å². The maximum atomic E-state index is 12.4. The van der Waals surface area contributed by atoms with Crippen molar-refractivity contribution < 1.29 is 14.7 Å². The molecule has 6 heteroatoms. The zero-order valence-corrected chi connectivity index (χ0v) is 15.2. The highest BCUT2D eigenvalue weighted by Crippen LogP contribution is 2.18. The van der Waals surface area contributed by atoms with Gasteiger partial charge in [-0.1, -0.05) is 54.6 Å². The number of benzene rings is 3. The lowest BCUT2D eigenvalue weighted by molar-refractivity contribution is -0.267. The first kappa shape index (κ1) is 19.0. The quantitative estimate of drug-likeness (QED) is 0.648. The van der Waals surface area contributed by atoms with Crippen LogP contribution >= 0.6 is 0 Å². The zero-order valence-electron chi connectivity index (χ0n) is 15.2. The third-order valence-electron chi connectivity index (χ3n) is 4.27. The van der Waals surface area contributed by atoms with Crippen molar-refractivity contribution in [2.45, 2.75) is 13.1 Å². The molecule has 6 nitrogen and oxygen atoms in total. The van der Waals surface area contributed by atoms with Crippen molar-refractivity contribution in [3.8, 4) is 0 Å². The van der Waals surface area contributed by atoms with Gasteiger partial charge in [0.2, 0.25) is 0 Å². The van der Waals surface area contributed by atoms with Crippen LogP contribution in [0.5, 0.6) is 0 Å². The van der Waals surface area contributed by atoms with Gasteiger partial charge in [-0.15, -0.1) is 0 Å². The van der Waals surface area contributed by atoms with Crippen LogP contribution in [-0.2, 0) is 13.1 Å². The number of hydrogen-bond donors (Lipinski definition) is 2. The van der Waals surface area contributed by atoms with Crippen molar-refractivity contribution in [1.82, 2.24) is 4.90 Å². The highest BCUT2D eigenvalue weighted by molar-refractivity contribution is 6.05. The molecular formula is C22H20N3O3-. The molecule has 2 amide bonds. The van der Waals surface area contributed by atoms with Crippen molar-refractivity contribution in [3.05, 3.63) is 95.6 Å². The van der Waals surface area contributed by atoms with Gasteiger partial charge in [0.15, 0.2) is 0 Å². The second-order valence-corrected chi connectivity index (χ2v) is 6.35. The summed E-state index contributed by atoms with van der Waals surface area (Å²) in [5.41, 5.74) is 8.96. The molecule has 3 rings (SSSR count). The fourth-order valence-electron chi connectivity index (χ4n) is 2.78. The van der Waals surface area contributed by atoms with E-state index >= 15 is 0 Å². The average molecular weight is 374 g/mol. The Morgan fingerprint density at radius 3 is 2.00 bits per heavy atom. The van der Waals surface area contributed by atoms with Gasteiger partial charge in [-0.05, 0) is 35.4 Å². The number of para-hydroxylation sites is 2. The number of carbonyl (C=O) groups is 2. The van der Waals surface area contributed by atoms with Crippen LogP contribution in [0.15, 0.2) is 78.9 Å². The number of carbonyl (C=O) groups excluding carboxylic acids is 2. The van der Waals surface area contributed by atoms with Gasteiger partial charge in [-0.3, -0.25) is 4.79 Å². The Bertz CT molecular complexity index is 956. The first-order chi connectivity index (χ1) is 13.5. The second-order valence-electron chi connectivity index (χ2n) is 6.35. The Hall–Kier alpha value is -3.80. The fraction of sp³-hybridized carbons (Fsp3) is 0.0909. The molecule has 3 aromatic carbocycles. The van der Waals surface area contributed by atoms with Crippen LogP contribution < -0.4 is 16.2 Å². The molecule has 3 N–H and O–H groups in total. The minimum absolute atomic E-state index is 0.171. The number of carboxylic acid groups (broad SMARTS) is 1. The Balaban J connectivity index is 1.66. The molecule has 0 heterocycles. The van der Waals surface area contributed by atoms with Gasteiger partial charge in [0, 0.05) is 18.7 Å². The molecule has 3 aromatic rings. The van der Waals surface area contributed by atoms with Crippen molar-refractivity contribution in [1.29, 1.82) is 0 Å². The highest BCUT2D eigenvalue weighted by Gasteiger charge is 2.10. The maximum absolute atomic E-state index is 12.4. The number of rotatable bonds is 6. The normalized spacial score (nSPS) is 10.3. The molecule has 0 aliphatic rings. The fourth-order valence-corrected chi connectivity index (χ4v) is 2.78. The summed E-state index contributed by atoms with van der Waals surface area (Å²) < 4.78 is 0. The summed E-state index contributed by atoms with van der Waals surface area (Å²) in [5, 5.41) is 14.2. The molecule has 0 saturated carbocycles. The third-order valence-corrected chi connectivity index (χ3v) is 4.27. The molecule has 0 fully saturated rings. The Labute approximate surface area is 163 Å². The predicted molar refractivity (Wildman–Crippen MR) is 106 cm³/mol. The monoisotopic (exact) mass is 374 g/mol. The van der Waals surface area contributed by atoms with E-state index in [1.165, 1.54) is 4.90 Å². The van der Waals surface area contributed by atoms with Crippen molar-refractivity contribution in [2.75, 3.05) is 11.1 Å². The van der Waals surface area contributed by atoms with Crippen LogP contribution in [0.3, 0.4) is 0 Å². The van der Waals surface area contributed by atoms with Gasteiger partial charge in [0.1, 0.15) is 6.09 Å². The predicted octanol–water partition coefficient (Wildman–Crippen LogP) is 2.87. The van der Waals surface area contributed by atoms with Crippen LogP contribution in [0.4, 0.5) is 16.2 Å². The molecule has 142 valence electrons. The summed E-state index contributed by atoms with van der Waals surface area (Å²) in [6.45, 7) is 0.406. The number of anilines is 2. The van der Waals surface area contributed by atoms with E-state index in [0.29, 0.717) is 16.9 Å². The largest absolute Gasteiger partial charge is 0.530 e. The molecule has 0 spiro atoms. The number of nitrogens with one attached hydrogen (secondary N) is 1. The SMILES string of the molecule is Nc1ccccc1NC(=O)c1ccc(CN(Cc2ccccc2)C(=O)[O-])cc1. The van der Waals surface area contributed by atoms with E-state index in [-0.39, 0.29) is 19.0 Å². The first-order valence-electron chi connectivity index (χ1n) is 8.77. The van der Waals surface area contributed by atoms with Gasteiger partial charge in [0.05, 0.1) is 11.4 Å². The van der Waals surface area contributed by atoms with Gasteiger partial charge in [-0.25, -0.2) is 0 Å². The van der Waals surface area contributed by atoms with E-state index in [2.05, 4.69) is 5.32 Å². The zero-order chi connectivity index (χ0) is 19.9. The average Bonchev–Trinajstić information content (AvgIpc) is 2.70. The molecule has 0 bridgehead atoms. The van der Waals surface area contributed by atoms with Gasteiger partial charge < -0.3 is 25.9 Å². The number of nitrogens with zero attached hydrogens (tertiary/aromatic N) is 1. The highest BCUT2D eigenvalue weighted by atomic mass is 16.4. The first-order valence-corrected chi connectivity index (χ1v) is 8.77. The van der Waals surface area contributed by atoms with E-state index in [1.807, 2.05) is 30.3 Å². The van der Waals surface area contributed by atoms with Gasteiger partial charge >= 0.3 is 0 Å². The minimum atomic E-state index is -1.25. The molecule has 28 heavy (non-hydrogen) atoms. The van der Waals surface area contributed by atoms with Gasteiger partial charge in [-0.2, -0.15) is 0 Å². The van der Waals surface area contributed by atoms with Crippen molar-refractivity contribution in [3.63, 3.8) is 0 Å². The van der Waals surface area contributed by atoms with Crippen LogP contribution in [0.1, 0.15) is 21.5 Å². The third kappa shape index (κ3) is 4.88. The van der Waals surface area contributed by atoms with E-state index < -0.39 is 6.09 Å². The molecule has 0 aromatic heterocycles. The molecular weight excluding hydrogens is 354 g/mol. The van der Waals surface area contributed by atoms with Crippen LogP contribution in [0.25, 0.3) is 0 Å². The molecule has 0 atom stereocenters. The summed E-state index contributed by atoms with van der Waals surface area (Å²) in [6, 6.07) is 23.1. The molecule has 0 unspecified atom stereocenters. The van der Waals surface area contributed by atoms with Crippen LogP contribution in [0.2, 0.25) is 0 Å². The molecule has 0 radical (unpaired) electrons. The maximum Gasteiger partial charge on any atom is 0.255 e. The number of nitrogens with two attached hydrogens (primary N) is 1. The van der Waals surface area contributed by atoms with E-state index in [1.54, 1.807) is 48.5 Å². The van der Waals surface area contributed by atoms with E-state index in [0.717, 1.165) is 11.1 Å². The Morgan fingerprint density at radius 1 is 0.821 bits per heavy atom. The Morgan fingerprint density at radius 2 is 1.39 bits per heavy atom. The molecule has 0 aliphatic heterocycles. The van der Waals surface area contributed by atoms with Crippen LogP contribution in [-0.4, -0.2) is 16.9 Å². The minimum Gasteiger partial charge on any atom is -0.530 e. The smallest absolute Gasteiger partial charge is 0.255 e. The standard InChI is InChI=1S/C22H21N3O3/c23-19-8-4-5-9-20(19)24-21(26)18-12-10-17(11-13-18)15-25(22(27)28)14-16-6-2-1-3-7-16/h1-13H,14-15,23H2,(H,24,26)(H,27,28)/p-1.